The number of para-hydroxylation sites is 1. The van der Waals surface area contributed by atoms with Crippen LogP contribution in [0.1, 0.15) is 17.0 Å². The molecule has 0 aliphatic rings. The molecule has 0 atom stereocenters. The molecule has 0 bridgehead atoms. The third-order valence-corrected chi connectivity index (χ3v) is 4.66. The smallest absolute Gasteiger partial charge is 0.266 e. The highest BCUT2D eigenvalue weighted by Crippen LogP contribution is 2.18. The summed E-state index contributed by atoms with van der Waals surface area (Å²) >= 11 is 0. The van der Waals surface area contributed by atoms with E-state index in [0.717, 1.165) is 16.9 Å². The van der Waals surface area contributed by atoms with Crippen LogP contribution in [0.25, 0.3) is 28.7 Å². The number of aromatic nitrogens is 2. The van der Waals surface area contributed by atoms with Crippen molar-refractivity contribution in [2.24, 2.45) is 0 Å². The minimum atomic E-state index is -0.122. The van der Waals surface area contributed by atoms with Gasteiger partial charge < -0.3 is 5.32 Å². The largest absolute Gasteiger partial charge is 0.388 e. The van der Waals surface area contributed by atoms with Gasteiger partial charge in [0.2, 0.25) is 0 Å². The summed E-state index contributed by atoms with van der Waals surface area (Å²) in [6, 6.07) is 24.3. The van der Waals surface area contributed by atoms with Crippen LogP contribution >= 0.6 is 0 Å². The van der Waals surface area contributed by atoms with E-state index in [1.54, 1.807) is 22.8 Å². The maximum atomic E-state index is 13.3. The first-order valence-electron chi connectivity index (χ1n) is 9.18. The summed E-state index contributed by atoms with van der Waals surface area (Å²) in [5, 5.41) is 12.6. The van der Waals surface area contributed by atoms with Gasteiger partial charge in [-0.1, -0.05) is 36.4 Å². The van der Waals surface area contributed by atoms with Crippen LogP contribution in [0.4, 0.5) is 5.69 Å². The van der Waals surface area contributed by atoms with Crippen LogP contribution in [-0.2, 0) is 0 Å². The van der Waals surface area contributed by atoms with Gasteiger partial charge in [-0.2, -0.15) is 5.26 Å². The van der Waals surface area contributed by atoms with Crippen LogP contribution in [0, 0.1) is 11.3 Å². The van der Waals surface area contributed by atoms with Gasteiger partial charge in [-0.05, 0) is 54.1 Å². The minimum Gasteiger partial charge on any atom is -0.388 e. The van der Waals surface area contributed by atoms with Gasteiger partial charge >= 0.3 is 0 Å². The third-order valence-electron chi connectivity index (χ3n) is 4.66. The van der Waals surface area contributed by atoms with Crippen molar-refractivity contribution in [2.75, 3.05) is 12.4 Å². The average Bonchev–Trinajstić information content (AvgIpc) is 2.78. The number of nitrogens with one attached hydrogen (secondary N) is 1. The molecule has 0 unspecified atom stereocenters. The zero-order chi connectivity index (χ0) is 20.2. The van der Waals surface area contributed by atoms with E-state index in [0.29, 0.717) is 22.3 Å². The van der Waals surface area contributed by atoms with E-state index in [1.807, 2.05) is 73.8 Å². The summed E-state index contributed by atoms with van der Waals surface area (Å²) in [6.07, 6.45) is 3.71. The summed E-state index contributed by atoms with van der Waals surface area (Å²) in [7, 11) is 1.84. The van der Waals surface area contributed by atoms with Crippen LogP contribution in [0.15, 0.2) is 77.6 Å². The van der Waals surface area contributed by atoms with E-state index in [-0.39, 0.29) is 5.56 Å². The SMILES string of the molecule is CNc1cccc(-n2c(/C=C/c3ccc(C#N)cc3)nc3ccccc3c2=O)c1. The van der Waals surface area contributed by atoms with Crippen LogP contribution < -0.4 is 10.9 Å². The fourth-order valence-electron chi connectivity index (χ4n) is 3.15. The third kappa shape index (κ3) is 3.64. The molecule has 1 heterocycles. The molecule has 0 aliphatic heterocycles. The van der Waals surface area contributed by atoms with Gasteiger partial charge in [0, 0.05) is 12.7 Å². The molecule has 0 saturated carbocycles. The van der Waals surface area contributed by atoms with Gasteiger partial charge in [-0.25, -0.2) is 4.98 Å². The standard InChI is InChI=1S/C24H18N4O/c1-26-19-5-4-6-20(15-19)28-23(14-13-17-9-11-18(16-25)12-10-17)27-22-8-3-2-7-21(22)24(28)29/h2-15,26H,1H3/b14-13+. The number of fused-ring (bicyclic) bond motifs is 1. The second-order valence-electron chi connectivity index (χ2n) is 6.50. The lowest BCUT2D eigenvalue weighted by Crippen LogP contribution is -2.22. The van der Waals surface area contributed by atoms with Crippen molar-refractivity contribution in [3.8, 4) is 11.8 Å². The number of rotatable bonds is 4. The van der Waals surface area contributed by atoms with Crippen molar-refractivity contribution < 1.29 is 0 Å². The summed E-state index contributed by atoms with van der Waals surface area (Å²) < 4.78 is 1.61. The number of nitrogens with zero attached hydrogens (tertiary/aromatic N) is 3. The number of anilines is 1. The van der Waals surface area contributed by atoms with E-state index in [4.69, 9.17) is 10.2 Å². The maximum absolute atomic E-state index is 13.3. The molecule has 0 aliphatic carbocycles. The number of hydrogen-bond acceptors (Lipinski definition) is 4. The molecule has 140 valence electrons. The van der Waals surface area contributed by atoms with Gasteiger partial charge in [0.15, 0.2) is 0 Å². The number of hydrogen-bond donors (Lipinski definition) is 1. The summed E-state index contributed by atoms with van der Waals surface area (Å²) in [5.41, 5.74) is 3.69. The molecule has 4 rings (SSSR count). The number of benzene rings is 3. The molecule has 0 spiro atoms. The van der Waals surface area contributed by atoms with Gasteiger partial charge in [0.05, 0.1) is 28.2 Å². The molecule has 5 nitrogen and oxygen atoms in total. The molecule has 1 N–H and O–H groups in total. The molecule has 3 aromatic carbocycles. The Bertz CT molecular complexity index is 1310. The van der Waals surface area contributed by atoms with E-state index in [9.17, 15) is 4.79 Å². The fourth-order valence-corrected chi connectivity index (χ4v) is 3.15. The summed E-state index contributed by atoms with van der Waals surface area (Å²) in [5.74, 6) is 0.534. The Morgan fingerprint density at radius 3 is 2.55 bits per heavy atom. The average molecular weight is 378 g/mol. The normalized spacial score (nSPS) is 10.9. The van der Waals surface area contributed by atoms with Crippen molar-refractivity contribution in [3.63, 3.8) is 0 Å². The van der Waals surface area contributed by atoms with Gasteiger partial charge in [-0.3, -0.25) is 9.36 Å². The minimum absolute atomic E-state index is 0.122. The quantitative estimate of drug-likeness (QED) is 0.569. The monoisotopic (exact) mass is 378 g/mol. The Morgan fingerprint density at radius 2 is 1.79 bits per heavy atom. The Hall–Kier alpha value is -4.17. The molecule has 4 aromatic rings. The highest BCUT2D eigenvalue weighted by molar-refractivity contribution is 5.80. The predicted molar refractivity (Wildman–Crippen MR) is 117 cm³/mol. The van der Waals surface area contributed by atoms with Crippen LogP contribution in [0.3, 0.4) is 0 Å². The zero-order valence-corrected chi connectivity index (χ0v) is 15.8. The first kappa shape index (κ1) is 18.2. The Labute approximate surface area is 168 Å². The second kappa shape index (κ2) is 7.83. The van der Waals surface area contributed by atoms with E-state index in [1.165, 1.54) is 0 Å². The van der Waals surface area contributed by atoms with Crippen LogP contribution in [0.5, 0.6) is 0 Å². The lowest BCUT2D eigenvalue weighted by molar-refractivity contribution is 0.944. The molecule has 0 amide bonds. The van der Waals surface area contributed by atoms with Crippen molar-refractivity contribution in [3.05, 3.63) is 100 Å². The molecule has 5 heteroatoms. The lowest BCUT2D eigenvalue weighted by atomic mass is 10.1. The highest BCUT2D eigenvalue weighted by atomic mass is 16.1. The van der Waals surface area contributed by atoms with Gasteiger partial charge in [-0.15, -0.1) is 0 Å². The van der Waals surface area contributed by atoms with Gasteiger partial charge in [0.1, 0.15) is 5.82 Å². The topological polar surface area (TPSA) is 70.7 Å². The first-order valence-corrected chi connectivity index (χ1v) is 9.18. The molecule has 0 fully saturated rings. The molecular formula is C24H18N4O. The van der Waals surface area contributed by atoms with E-state index >= 15 is 0 Å². The fraction of sp³-hybridized carbons (Fsp3) is 0.0417. The molecule has 1 aromatic heterocycles. The Balaban J connectivity index is 1.90. The predicted octanol–water partition coefficient (Wildman–Crippen LogP) is 4.47. The van der Waals surface area contributed by atoms with Crippen molar-refractivity contribution in [1.82, 2.24) is 9.55 Å². The second-order valence-corrected chi connectivity index (χ2v) is 6.50. The van der Waals surface area contributed by atoms with Crippen molar-refractivity contribution in [1.29, 1.82) is 5.26 Å². The highest BCUT2D eigenvalue weighted by Gasteiger charge is 2.11. The Kier molecular flexibility index (Phi) is 4.91. The van der Waals surface area contributed by atoms with Crippen LogP contribution in [-0.4, -0.2) is 16.6 Å². The molecule has 0 radical (unpaired) electrons. The summed E-state index contributed by atoms with van der Waals surface area (Å²) in [6.45, 7) is 0. The van der Waals surface area contributed by atoms with E-state index < -0.39 is 0 Å². The zero-order valence-electron chi connectivity index (χ0n) is 15.8. The first-order chi connectivity index (χ1) is 14.2. The van der Waals surface area contributed by atoms with E-state index in [2.05, 4.69) is 11.4 Å². The molecule has 29 heavy (non-hydrogen) atoms. The Morgan fingerprint density at radius 1 is 1.00 bits per heavy atom. The van der Waals surface area contributed by atoms with Crippen LogP contribution in [0.2, 0.25) is 0 Å². The molecule has 0 saturated heterocycles. The summed E-state index contributed by atoms with van der Waals surface area (Å²) in [4.78, 5) is 18.0. The van der Waals surface area contributed by atoms with Gasteiger partial charge in [0.25, 0.3) is 5.56 Å². The molecular weight excluding hydrogens is 360 g/mol. The lowest BCUT2D eigenvalue weighted by Gasteiger charge is -2.12. The number of nitriles is 1. The van der Waals surface area contributed by atoms with Crippen molar-refractivity contribution in [2.45, 2.75) is 0 Å². The maximum Gasteiger partial charge on any atom is 0.266 e. The van der Waals surface area contributed by atoms with Crippen molar-refractivity contribution >= 4 is 28.7 Å².